The lowest BCUT2D eigenvalue weighted by Gasteiger charge is -2.04. The molecule has 0 spiro atoms. The van der Waals surface area contributed by atoms with E-state index in [-0.39, 0.29) is 6.04 Å². The van der Waals surface area contributed by atoms with Gasteiger partial charge in [-0.05, 0) is 24.6 Å². The van der Waals surface area contributed by atoms with Crippen LogP contribution in [-0.2, 0) is 0 Å². The molecule has 0 aliphatic carbocycles. The zero-order chi connectivity index (χ0) is 12.3. The normalized spacial score (nSPS) is 12.6. The van der Waals surface area contributed by atoms with Gasteiger partial charge in [-0.1, -0.05) is 40.6 Å². The number of rotatable bonds is 4. The maximum absolute atomic E-state index is 6.00. The number of nitrogens with two attached hydrogens (primary N) is 1. The molecule has 17 heavy (non-hydrogen) atoms. The van der Waals surface area contributed by atoms with Crippen LogP contribution in [0.1, 0.15) is 31.5 Å². The van der Waals surface area contributed by atoms with Crippen LogP contribution in [0.4, 0.5) is 0 Å². The predicted octanol–water partition coefficient (Wildman–Crippen LogP) is 2.83. The zero-order valence-corrected chi connectivity index (χ0v) is 11.3. The van der Waals surface area contributed by atoms with Crippen molar-refractivity contribution in [3.63, 3.8) is 0 Å². The van der Waals surface area contributed by atoms with E-state index >= 15 is 0 Å². The monoisotopic (exact) mass is 294 g/mol. The summed E-state index contributed by atoms with van der Waals surface area (Å²) in [5.74, 6) is 0. The molecule has 1 aromatic heterocycles. The summed E-state index contributed by atoms with van der Waals surface area (Å²) in [7, 11) is 0. The van der Waals surface area contributed by atoms with Gasteiger partial charge in [0.05, 0.1) is 23.6 Å². The van der Waals surface area contributed by atoms with Gasteiger partial charge in [-0.25, -0.2) is 4.68 Å². The predicted molar refractivity (Wildman–Crippen MR) is 70.9 cm³/mol. The molecule has 0 saturated heterocycles. The Balaban J connectivity index is 2.23. The Morgan fingerprint density at radius 1 is 1.47 bits per heavy atom. The summed E-state index contributed by atoms with van der Waals surface area (Å²) >= 11 is 3.43. The van der Waals surface area contributed by atoms with Crippen LogP contribution in [0.15, 0.2) is 34.9 Å². The molecule has 0 fully saturated rings. The number of aromatic nitrogens is 3. The minimum absolute atomic E-state index is 0.0269. The third-order valence-electron chi connectivity index (χ3n) is 2.56. The van der Waals surface area contributed by atoms with Crippen LogP contribution in [-0.4, -0.2) is 15.0 Å². The van der Waals surface area contributed by atoms with Gasteiger partial charge in [-0.3, -0.25) is 0 Å². The molecule has 0 aliphatic rings. The highest BCUT2D eigenvalue weighted by Crippen LogP contribution is 2.17. The molecule has 1 unspecified atom stereocenters. The van der Waals surface area contributed by atoms with Crippen LogP contribution in [0.2, 0.25) is 0 Å². The molecule has 0 amide bonds. The first-order valence-electron chi connectivity index (χ1n) is 5.64. The molecule has 0 aliphatic heterocycles. The highest BCUT2D eigenvalue weighted by atomic mass is 79.9. The van der Waals surface area contributed by atoms with Crippen LogP contribution in [0.3, 0.4) is 0 Å². The van der Waals surface area contributed by atoms with Gasteiger partial charge in [0.25, 0.3) is 0 Å². The van der Waals surface area contributed by atoms with E-state index < -0.39 is 0 Å². The minimum atomic E-state index is -0.0269. The maximum atomic E-state index is 6.00. The van der Waals surface area contributed by atoms with Gasteiger partial charge < -0.3 is 5.73 Å². The molecule has 90 valence electrons. The second kappa shape index (κ2) is 5.42. The Morgan fingerprint density at radius 3 is 3.00 bits per heavy atom. The molecule has 2 N–H and O–H groups in total. The Kier molecular flexibility index (Phi) is 3.91. The molecule has 1 heterocycles. The smallest absolute Gasteiger partial charge is 0.0998 e. The van der Waals surface area contributed by atoms with Gasteiger partial charge in [0.15, 0.2) is 0 Å². The van der Waals surface area contributed by atoms with Crippen molar-refractivity contribution in [2.75, 3.05) is 0 Å². The van der Waals surface area contributed by atoms with Crippen LogP contribution in [0.25, 0.3) is 5.69 Å². The van der Waals surface area contributed by atoms with Gasteiger partial charge in [0.2, 0.25) is 0 Å². The van der Waals surface area contributed by atoms with Gasteiger partial charge in [0.1, 0.15) is 0 Å². The second-order valence-corrected chi connectivity index (χ2v) is 4.88. The van der Waals surface area contributed by atoms with Gasteiger partial charge in [0, 0.05) is 4.47 Å². The van der Waals surface area contributed by atoms with Crippen molar-refractivity contribution in [2.45, 2.75) is 25.8 Å². The number of hydrogen-bond acceptors (Lipinski definition) is 3. The molecular formula is C12H15BrN4. The molecule has 0 radical (unpaired) electrons. The first kappa shape index (κ1) is 12.3. The highest BCUT2D eigenvalue weighted by molar-refractivity contribution is 9.10. The number of hydrogen-bond donors (Lipinski definition) is 1. The van der Waals surface area contributed by atoms with Crippen molar-refractivity contribution < 1.29 is 0 Å². The number of halogens is 1. The standard InChI is InChI=1S/C12H15BrN4/c1-2-4-11(14)12-8-17(16-15-12)10-6-3-5-9(13)7-10/h3,5-8,11H,2,4,14H2,1H3. The molecule has 1 atom stereocenters. The van der Waals surface area contributed by atoms with E-state index in [1.165, 1.54) is 0 Å². The fraction of sp³-hybridized carbons (Fsp3) is 0.333. The van der Waals surface area contributed by atoms with Crippen molar-refractivity contribution in [2.24, 2.45) is 5.73 Å². The van der Waals surface area contributed by atoms with E-state index in [0.717, 1.165) is 28.7 Å². The lowest BCUT2D eigenvalue weighted by atomic mass is 10.1. The van der Waals surface area contributed by atoms with E-state index in [4.69, 9.17) is 5.73 Å². The summed E-state index contributed by atoms with van der Waals surface area (Å²) in [6, 6.07) is 7.89. The summed E-state index contributed by atoms with van der Waals surface area (Å²) in [4.78, 5) is 0. The summed E-state index contributed by atoms with van der Waals surface area (Å²) < 4.78 is 2.76. The fourth-order valence-electron chi connectivity index (χ4n) is 1.65. The van der Waals surface area contributed by atoms with E-state index in [2.05, 4.69) is 33.2 Å². The maximum Gasteiger partial charge on any atom is 0.0998 e. The molecule has 2 aromatic rings. The molecule has 2 rings (SSSR count). The summed E-state index contributed by atoms with van der Waals surface area (Å²) in [5, 5.41) is 8.21. The Bertz CT molecular complexity index is 495. The second-order valence-electron chi connectivity index (χ2n) is 3.96. The third kappa shape index (κ3) is 2.92. The average molecular weight is 295 g/mol. The molecule has 0 bridgehead atoms. The number of benzene rings is 1. The van der Waals surface area contributed by atoms with E-state index in [1.807, 2.05) is 30.5 Å². The highest BCUT2D eigenvalue weighted by Gasteiger charge is 2.10. The number of nitrogens with zero attached hydrogens (tertiary/aromatic N) is 3. The Hall–Kier alpha value is -1.20. The van der Waals surface area contributed by atoms with Gasteiger partial charge in [-0.15, -0.1) is 5.10 Å². The third-order valence-corrected chi connectivity index (χ3v) is 3.06. The van der Waals surface area contributed by atoms with Crippen molar-refractivity contribution in [1.29, 1.82) is 0 Å². The Labute approximate surface area is 109 Å². The molecule has 1 aromatic carbocycles. The van der Waals surface area contributed by atoms with Crippen molar-refractivity contribution >= 4 is 15.9 Å². The SMILES string of the molecule is CCCC(N)c1cn(-c2cccc(Br)c2)nn1. The fourth-order valence-corrected chi connectivity index (χ4v) is 2.04. The van der Waals surface area contributed by atoms with Crippen LogP contribution >= 0.6 is 15.9 Å². The van der Waals surface area contributed by atoms with Gasteiger partial charge >= 0.3 is 0 Å². The summed E-state index contributed by atoms with van der Waals surface area (Å²) in [6.45, 7) is 2.11. The lowest BCUT2D eigenvalue weighted by Crippen LogP contribution is -2.09. The molecule has 5 heteroatoms. The van der Waals surface area contributed by atoms with E-state index in [1.54, 1.807) is 4.68 Å². The first-order valence-corrected chi connectivity index (χ1v) is 6.43. The lowest BCUT2D eigenvalue weighted by molar-refractivity contribution is 0.619. The summed E-state index contributed by atoms with van der Waals surface area (Å²) in [5.41, 5.74) is 7.82. The molecule has 0 saturated carbocycles. The first-order chi connectivity index (χ1) is 8.20. The minimum Gasteiger partial charge on any atom is -0.323 e. The molecular weight excluding hydrogens is 280 g/mol. The summed E-state index contributed by atoms with van der Waals surface area (Å²) in [6.07, 6.45) is 3.87. The van der Waals surface area contributed by atoms with Crippen LogP contribution in [0, 0.1) is 0 Å². The quantitative estimate of drug-likeness (QED) is 0.943. The zero-order valence-electron chi connectivity index (χ0n) is 9.68. The van der Waals surface area contributed by atoms with Crippen LogP contribution in [0.5, 0.6) is 0 Å². The van der Waals surface area contributed by atoms with E-state index in [0.29, 0.717) is 0 Å². The topological polar surface area (TPSA) is 56.7 Å². The molecule has 4 nitrogen and oxygen atoms in total. The van der Waals surface area contributed by atoms with Crippen molar-refractivity contribution in [3.8, 4) is 5.69 Å². The van der Waals surface area contributed by atoms with Gasteiger partial charge in [-0.2, -0.15) is 0 Å². The van der Waals surface area contributed by atoms with Crippen molar-refractivity contribution in [1.82, 2.24) is 15.0 Å². The van der Waals surface area contributed by atoms with E-state index in [9.17, 15) is 0 Å². The largest absolute Gasteiger partial charge is 0.323 e. The Morgan fingerprint density at radius 2 is 2.29 bits per heavy atom. The average Bonchev–Trinajstić information content (AvgIpc) is 2.78. The van der Waals surface area contributed by atoms with Crippen LogP contribution < -0.4 is 5.73 Å². The van der Waals surface area contributed by atoms with Crippen molar-refractivity contribution in [3.05, 3.63) is 40.6 Å².